The van der Waals surface area contributed by atoms with E-state index in [1.54, 1.807) is 0 Å². The molecule has 0 N–H and O–H groups in total. The Hall–Kier alpha value is -0.300. The van der Waals surface area contributed by atoms with E-state index in [1.165, 1.54) is 51.4 Å². The zero-order valence-electron chi connectivity index (χ0n) is 11.6. The summed E-state index contributed by atoms with van der Waals surface area (Å²) in [6.45, 7) is 6.21. The standard InChI is InChI=1S/C16H28O/c1-4-13-5-7-14(8-6-13)15-9-11-16(2,17-3)12-10-15/h4,13-15H,1,5-12H2,2-3H3. The monoisotopic (exact) mass is 236 g/mol. The van der Waals surface area contributed by atoms with Crippen LogP contribution >= 0.6 is 0 Å². The highest BCUT2D eigenvalue weighted by Gasteiger charge is 2.35. The van der Waals surface area contributed by atoms with E-state index in [9.17, 15) is 0 Å². The lowest BCUT2D eigenvalue weighted by Crippen LogP contribution is -2.35. The van der Waals surface area contributed by atoms with Crippen molar-refractivity contribution in [1.29, 1.82) is 0 Å². The maximum Gasteiger partial charge on any atom is 0.0651 e. The molecule has 0 unspecified atom stereocenters. The summed E-state index contributed by atoms with van der Waals surface area (Å²) in [5.74, 6) is 2.77. The molecule has 0 atom stereocenters. The number of hydrogen-bond acceptors (Lipinski definition) is 1. The third-order valence-corrected chi connectivity index (χ3v) is 5.40. The van der Waals surface area contributed by atoms with Crippen LogP contribution in [0.5, 0.6) is 0 Å². The Bertz CT molecular complexity index is 242. The summed E-state index contributed by atoms with van der Waals surface area (Å²) in [5, 5.41) is 0. The molecule has 0 aromatic carbocycles. The Kier molecular flexibility index (Phi) is 4.30. The normalized spacial score (nSPS) is 43.3. The molecule has 0 amide bonds. The summed E-state index contributed by atoms with van der Waals surface area (Å²) in [5.41, 5.74) is 0.175. The third kappa shape index (κ3) is 3.13. The maximum atomic E-state index is 5.64. The van der Waals surface area contributed by atoms with E-state index in [0.717, 1.165) is 17.8 Å². The first kappa shape index (κ1) is 13.1. The van der Waals surface area contributed by atoms with Crippen molar-refractivity contribution < 1.29 is 4.74 Å². The van der Waals surface area contributed by atoms with E-state index in [1.807, 2.05) is 7.11 Å². The van der Waals surface area contributed by atoms with Crippen LogP contribution in [0, 0.1) is 17.8 Å². The highest BCUT2D eigenvalue weighted by atomic mass is 16.5. The van der Waals surface area contributed by atoms with Crippen LogP contribution in [-0.4, -0.2) is 12.7 Å². The lowest BCUT2D eigenvalue weighted by molar-refractivity contribution is -0.0422. The van der Waals surface area contributed by atoms with Crippen LogP contribution in [0.25, 0.3) is 0 Å². The molecule has 0 radical (unpaired) electrons. The fourth-order valence-corrected chi connectivity index (χ4v) is 3.78. The molecule has 2 fully saturated rings. The summed E-state index contributed by atoms with van der Waals surface area (Å²) in [6, 6.07) is 0. The minimum Gasteiger partial charge on any atom is -0.379 e. The van der Waals surface area contributed by atoms with Gasteiger partial charge >= 0.3 is 0 Å². The van der Waals surface area contributed by atoms with Gasteiger partial charge in [0.05, 0.1) is 5.60 Å². The molecule has 2 aliphatic carbocycles. The summed E-state index contributed by atoms with van der Waals surface area (Å²) < 4.78 is 5.64. The molecule has 0 spiro atoms. The van der Waals surface area contributed by atoms with Gasteiger partial charge in [0, 0.05) is 7.11 Å². The van der Waals surface area contributed by atoms with Crippen molar-refractivity contribution in [3.8, 4) is 0 Å². The molecule has 2 aliphatic rings. The van der Waals surface area contributed by atoms with Crippen molar-refractivity contribution in [3.05, 3.63) is 12.7 Å². The van der Waals surface area contributed by atoms with Gasteiger partial charge in [-0.1, -0.05) is 6.08 Å². The van der Waals surface area contributed by atoms with Gasteiger partial charge in [0.1, 0.15) is 0 Å². The summed E-state index contributed by atoms with van der Waals surface area (Å²) in [7, 11) is 1.87. The summed E-state index contributed by atoms with van der Waals surface area (Å²) in [4.78, 5) is 0. The van der Waals surface area contributed by atoms with Crippen molar-refractivity contribution in [1.82, 2.24) is 0 Å². The Balaban J connectivity index is 1.80. The van der Waals surface area contributed by atoms with Gasteiger partial charge in [-0.3, -0.25) is 0 Å². The van der Waals surface area contributed by atoms with E-state index in [4.69, 9.17) is 4.74 Å². The molecular formula is C16H28O. The van der Waals surface area contributed by atoms with Crippen LogP contribution in [0.4, 0.5) is 0 Å². The second kappa shape index (κ2) is 5.56. The van der Waals surface area contributed by atoms with Crippen LogP contribution in [0.15, 0.2) is 12.7 Å². The number of rotatable bonds is 3. The zero-order valence-corrected chi connectivity index (χ0v) is 11.6. The Morgan fingerprint density at radius 2 is 1.53 bits per heavy atom. The lowest BCUT2D eigenvalue weighted by Gasteiger charge is -2.41. The SMILES string of the molecule is C=CC1CCC(C2CCC(C)(OC)CC2)CC1. The summed E-state index contributed by atoms with van der Waals surface area (Å²) >= 11 is 0. The molecule has 0 bridgehead atoms. The number of hydrogen-bond donors (Lipinski definition) is 0. The maximum absolute atomic E-state index is 5.64. The number of ether oxygens (including phenoxy) is 1. The van der Waals surface area contributed by atoms with Crippen molar-refractivity contribution in [2.75, 3.05) is 7.11 Å². The average molecular weight is 236 g/mol. The molecule has 0 heterocycles. The molecule has 0 aliphatic heterocycles. The molecule has 2 rings (SSSR count). The van der Waals surface area contributed by atoms with Gasteiger partial charge in [0.25, 0.3) is 0 Å². The first-order valence-corrected chi connectivity index (χ1v) is 7.34. The Morgan fingerprint density at radius 1 is 1.00 bits per heavy atom. The molecule has 98 valence electrons. The Morgan fingerprint density at radius 3 is 2.00 bits per heavy atom. The van der Waals surface area contributed by atoms with Crippen LogP contribution in [-0.2, 0) is 4.74 Å². The lowest BCUT2D eigenvalue weighted by atomic mass is 9.68. The van der Waals surface area contributed by atoms with Gasteiger partial charge in [0.2, 0.25) is 0 Å². The highest BCUT2D eigenvalue weighted by Crippen LogP contribution is 2.43. The van der Waals surface area contributed by atoms with Gasteiger partial charge in [-0.05, 0) is 76.0 Å². The molecule has 0 aromatic heterocycles. The summed E-state index contributed by atoms with van der Waals surface area (Å²) in [6.07, 6.45) is 13.1. The topological polar surface area (TPSA) is 9.23 Å². The molecule has 0 saturated heterocycles. The predicted molar refractivity (Wildman–Crippen MR) is 73.0 cm³/mol. The van der Waals surface area contributed by atoms with Gasteiger partial charge < -0.3 is 4.74 Å². The molecule has 0 aromatic rings. The molecular weight excluding hydrogens is 208 g/mol. The van der Waals surface area contributed by atoms with Crippen molar-refractivity contribution in [3.63, 3.8) is 0 Å². The van der Waals surface area contributed by atoms with Crippen molar-refractivity contribution in [2.24, 2.45) is 17.8 Å². The molecule has 1 nitrogen and oxygen atoms in total. The van der Waals surface area contributed by atoms with E-state index in [0.29, 0.717) is 0 Å². The second-order valence-corrected chi connectivity index (χ2v) is 6.40. The number of methoxy groups -OCH3 is 1. The van der Waals surface area contributed by atoms with Gasteiger partial charge in [-0.25, -0.2) is 0 Å². The minimum atomic E-state index is 0.175. The van der Waals surface area contributed by atoms with Crippen molar-refractivity contribution >= 4 is 0 Å². The van der Waals surface area contributed by atoms with Crippen molar-refractivity contribution in [2.45, 2.75) is 63.9 Å². The van der Waals surface area contributed by atoms with Crippen LogP contribution in [0.2, 0.25) is 0 Å². The van der Waals surface area contributed by atoms with E-state index < -0.39 is 0 Å². The second-order valence-electron chi connectivity index (χ2n) is 6.40. The molecule has 1 heteroatoms. The van der Waals surface area contributed by atoms with E-state index in [-0.39, 0.29) is 5.60 Å². The fourth-order valence-electron chi connectivity index (χ4n) is 3.78. The average Bonchev–Trinajstić information content (AvgIpc) is 2.40. The van der Waals surface area contributed by atoms with E-state index >= 15 is 0 Å². The van der Waals surface area contributed by atoms with Crippen LogP contribution in [0.1, 0.15) is 58.3 Å². The van der Waals surface area contributed by atoms with Gasteiger partial charge in [0.15, 0.2) is 0 Å². The largest absolute Gasteiger partial charge is 0.379 e. The van der Waals surface area contributed by atoms with Gasteiger partial charge in [-0.2, -0.15) is 0 Å². The quantitative estimate of drug-likeness (QED) is 0.652. The zero-order chi connectivity index (χ0) is 12.3. The number of allylic oxidation sites excluding steroid dienone is 1. The van der Waals surface area contributed by atoms with Gasteiger partial charge in [-0.15, -0.1) is 6.58 Å². The Labute approximate surface area is 107 Å². The fraction of sp³-hybridized carbons (Fsp3) is 0.875. The first-order chi connectivity index (χ1) is 8.17. The molecule has 2 saturated carbocycles. The minimum absolute atomic E-state index is 0.175. The predicted octanol–water partition coefficient (Wildman–Crippen LogP) is 4.57. The highest BCUT2D eigenvalue weighted by molar-refractivity contribution is 4.90. The van der Waals surface area contributed by atoms with Crippen LogP contribution < -0.4 is 0 Å². The first-order valence-electron chi connectivity index (χ1n) is 7.34. The van der Waals surface area contributed by atoms with E-state index in [2.05, 4.69) is 19.6 Å². The van der Waals surface area contributed by atoms with Crippen LogP contribution in [0.3, 0.4) is 0 Å². The smallest absolute Gasteiger partial charge is 0.0651 e. The molecule has 17 heavy (non-hydrogen) atoms. The third-order valence-electron chi connectivity index (χ3n) is 5.40.